The molecule has 1 aliphatic heterocycles. The smallest absolute Gasteiger partial charge is 0.363 e. The van der Waals surface area contributed by atoms with Gasteiger partial charge in [0.2, 0.25) is 5.90 Å². The number of halogens is 1. The Kier molecular flexibility index (Phi) is 5.82. The van der Waals surface area contributed by atoms with Gasteiger partial charge in [0.15, 0.2) is 5.70 Å². The van der Waals surface area contributed by atoms with Crippen molar-refractivity contribution in [1.29, 1.82) is 0 Å². The molecule has 0 aliphatic carbocycles. The lowest BCUT2D eigenvalue weighted by Crippen LogP contribution is -2.05. The molecule has 0 unspecified atom stereocenters. The zero-order chi connectivity index (χ0) is 20.9. The molecule has 5 nitrogen and oxygen atoms in total. The van der Waals surface area contributed by atoms with Crippen LogP contribution in [0.4, 0.5) is 0 Å². The number of aliphatic imine (C=N–C) groups is 1. The molecule has 30 heavy (non-hydrogen) atoms. The zero-order valence-corrected chi connectivity index (χ0v) is 16.9. The predicted molar refractivity (Wildman–Crippen MR) is 116 cm³/mol. The molecule has 0 saturated carbocycles. The average Bonchev–Trinajstić information content (AvgIpc) is 3.14. The first-order valence-corrected chi connectivity index (χ1v) is 9.64. The minimum atomic E-state index is -0.520. The van der Waals surface area contributed by atoms with Crippen molar-refractivity contribution in [3.8, 4) is 11.5 Å². The first kappa shape index (κ1) is 19.7. The van der Waals surface area contributed by atoms with Crippen molar-refractivity contribution < 1.29 is 19.0 Å². The van der Waals surface area contributed by atoms with Crippen LogP contribution in [0.25, 0.3) is 6.08 Å². The number of esters is 1. The number of carbonyl (C=O) groups excluding carboxylic acids is 1. The van der Waals surface area contributed by atoms with Crippen molar-refractivity contribution in [2.24, 2.45) is 4.99 Å². The van der Waals surface area contributed by atoms with Crippen molar-refractivity contribution in [3.63, 3.8) is 0 Å². The first-order chi connectivity index (χ1) is 14.6. The Morgan fingerprint density at radius 2 is 1.80 bits per heavy atom. The molecular formula is C24H18ClNO4. The van der Waals surface area contributed by atoms with Gasteiger partial charge in [-0.15, -0.1) is 0 Å². The summed E-state index contributed by atoms with van der Waals surface area (Å²) in [4.78, 5) is 16.7. The summed E-state index contributed by atoms with van der Waals surface area (Å²) in [5, 5.41) is 0.627. The van der Waals surface area contributed by atoms with Crippen LogP contribution in [0.5, 0.6) is 11.5 Å². The summed E-state index contributed by atoms with van der Waals surface area (Å²) in [6.07, 6.45) is 1.63. The van der Waals surface area contributed by atoms with Gasteiger partial charge >= 0.3 is 5.97 Å². The van der Waals surface area contributed by atoms with Crippen LogP contribution in [0.1, 0.15) is 16.7 Å². The molecule has 4 rings (SSSR count). The Morgan fingerprint density at radius 3 is 2.57 bits per heavy atom. The largest absolute Gasteiger partial charge is 0.497 e. The fraction of sp³-hybridized carbons (Fsp3) is 0.0833. The van der Waals surface area contributed by atoms with Gasteiger partial charge < -0.3 is 14.2 Å². The van der Waals surface area contributed by atoms with Crippen molar-refractivity contribution in [2.75, 3.05) is 7.11 Å². The molecule has 1 aliphatic rings. The van der Waals surface area contributed by atoms with E-state index in [9.17, 15) is 4.79 Å². The van der Waals surface area contributed by atoms with Gasteiger partial charge in [0, 0.05) is 21.7 Å². The van der Waals surface area contributed by atoms with Crippen molar-refractivity contribution in [1.82, 2.24) is 0 Å². The van der Waals surface area contributed by atoms with Gasteiger partial charge in [-0.2, -0.15) is 0 Å². The summed E-state index contributed by atoms with van der Waals surface area (Å²) >= 11 is 6.22. The summed E-state index contributed by atoms with van der Waals surface area (Å²) in [6.45, 7) is 0.283. The highest BCUT2D eigenvalue weighted by atomic mass is 35.5. The lowest BCUT2D eigenvalue weighted by atomic mass is 10.1. The summed E-state index contributed by atoms with van der Waals surface area (Å²) in [7, 11) is 1.58. The molecule has 0 atom stereocenters. The van der Waals surface area contributed by atoms with Gasteiger partial charge in [-0.3, -0.25) is 0 Å². The van der Waals surface area contributed by atoms with Gasteiger partial charge in [0.05, 0.1) is 7.11 Å². The standard InChI is InChI=1S/C24H18ClNO4/c1-28-19-11-12-22(29-15-17-9-5-6-10-20(17)25)18(13-19)14-21-24(27)30-23(26-21)16-7-3-2-4-8-16/h2-14H,15H2,1H3/b21-14+. The van der Waals surface area contributed by atoms with E-state index >= 15 is 0 Å². The number of benzene rings is 3. The molecule has 3 aromatic rings. The zero-order valence-electron chi connectivity index (χ0n) is 16.2. The van der Waals surface area contributed by atoms with Crippen molar-refractivity contribution >= 4 is 29.5 Å². The lowest BCUT2D eigenvalue weighted by Gasteiger charge is -2.12. The fourth-order valence-corrected chi connectivity index (χ4v) is 3.12. The normalized spacial score (nSPS) is 14.4. The summed E-state index contributed by atoms with van der Waals surface area (Å²) in [6, 6.07) is 22.1. The van der Waals surface area contributed by atoms with E-state index < -0.39 is 5.97 Å². The molecule has 3 aromatic carbocycles. The Hall–Kier alpha value is -3.57. The third kappa shape index (κ3) is 4.36. The Labute approximate surface area is 179 Å². The second-order valence-corrected chi connectivity index (χ2v) is 6.89. The molecular weight excluding hydrogens is 402 g/mol. The summed E-state index contributed by atoms with van der Waals surface area (Å²) in [5.41, 5.74) is 2.42. The van der Waals surface area contributed by atoms with E-state index in [1.165, 1.54) is 0 Å². The van der Waals surface area contributed by atoms with Crippen LogP contribution >= 0.6 is 11.6 Å². The number of ether oxygens (including phenoxy) is 3. The molecule has 0 spiro atoms. The Bertz CT molecular complexity index is 1140. The van der Waals surface area contributed by atoms with Crippen LogP contribution in [0.2, 0.25) is 5.02 Å². The van der Waals surface area contributed by atoms with Gasteiger partial charge in [-0.25, -0.2) is 9.79 Å². The van der Waals surface area contributed by atoms with Gasteiger partial charge in [0.1, 0.15) is 18.1 Å². The van der Waals surface area contributed by atoms with Crippen LogP contribution in [-0.4, -0.2) is 19.0 Å². The highest BCUT2D eigenvalue weighted by Crippen LogP contribution is 2.29. The van der Waals surface area contributed by atoms with E-state index in [4.69, 9.17) is 25.8 Å². The molecule has 0 saturated heterocycles. The molecule has 0 radical (unpaired) electrons. The van der Waals surface area contributed by atoms with Gasteiger partial charge in [-0.1, -0.05) is 48.0 Å². The van der Waals surface area contributed by atoms with E-state index in [2.05, 4.69) is 4.99 Å². The van der Waals surface area contributed by atoms with Gasteiger partial charge in [-0.05, 0) is 42.5 Å². The number of methoxy groups -OCH3 is 1. The monoisotopic (exact) mass is 419 g/mol. The minimum Gasteiger partial charge on any atom is -0.497 e. The topological polar surface area (TPSA) is 57.1 Å². The number of nitrogens with zero attached hydrogens (tertiary/aromatic N) is 1. The number of hydrogen-bond donors (Lipinski definition) is 0. The second kappa shape index (κ2) is 8.84. The Balaban J connectivity index is 1.65. The summed E-state index contributed by atoms with van der Waals surface area (Å²) < 4.78 is 16.6. The van der Waals surface area contributed by atoms with Crippen LogP contribution in [0, 0.1) is 0 Å². The van der Waals surface area contributed by atoms with Crippen molar-refractivity contribution in [3.05, 3.63) is 100 Å². The van der Waals surface area contributed by atoms with Crippen molar-refractivity contribution in [2.45, 2.75) is 6.61 Å². The Morgan fingerprint density at radius 1 is 1.03 bits per heavy atom. The SMILES string of the molecule is COc1ccc(OCc2ccccc2Cl)c(/C=C2/N=C(c3ccccc3)OC2=O)c1. The van der Waals surface area contributed by atoms with Gasteiger partial charge in [0.25, 0.3) is 0 Å². The molecule has 6 heteroatoms. The van der Waals surface area contributed by atoms with Crippen LogP contribution in [0.3, 0.4) is 0 Å². The first-order valence-electron chi connectivity index (χ1n) is 9.26. The highest BCUT2D eigenvalue weighted by molar-refractivity contribution is 6.31. The predicted octanol–water partition coefficient (Wildman–Crippen LogP) is 5.27. The maximum Gasteiger partial charge on any atom is 0.363 e. The van der Waals surface area contributed by atoms with E-state index in [1.807, 2.05) is 54.6 Å². The van der Waals surface area contributed by atoms with Crippen LogP contribution in [0.15, 0.2) is 83.5 Å². The molecule has 0 amide bonds. The molecule has 0 bridgehead atoms. The average molecular weight is 420 g/mol. The maximum atomic E-state index is 12.4. The number of carbonyl (C=O) groups is 1. The van der Waals surface area contributed by atoms with E-state index in [0.29, 0.717) is 22.1 Å². The van der Waals surface area contributed by atoms with Crippen LogP contribution < -0.4 is 9.47 Å². The van der Waals surface area contributed by atoms with E-state index in [-0.39, 0.29) is 18.2 Å². The third-order valence-corrected chi connectivity index (χ3v) is 4.86. The summed E-state index contributed by atoms with van der Waals surface area (Å²) in [5.74, 6) is 0.951. The van der Waals surface area contributed by atoms with Crippen LogP contribution in [-0.2, 0) is 16.1 Å². The molecule has 150 valence electrons. The number of rotatable bonds is 6. The third-order valence-electron chi connectivity index (χ3n) is 4.49. The quantitative estimate of drug-likeness (QED) is 0.403. The maximum absolute atomic E-state index is 12.4. The minimum absolute atomic E-state index is 0.185. The number of cyclic esters (lactones) is 1. The molecule has 0 aromatic heterocycles. The second-order valence-electron chi connectivity index (χ2n) is 6.49. The molecule has 0 N–H and O–H groups in total. The fourth-order valence-electron chi connectivity index (χ4n) is 2.93. The van der Waals surface area contributed by atoms with E-state index in [0.717, 1.165) is 11.1 Å². The molecule has 1 heterocycles. The highest BCUT2D eigenvalue weighted by Gasteiger charge is 2.24. The number of hydrogen-bond acceptors (Lipinski definition) is 5. The van der Waals surface area contributed by atoms with E-state index in [1.54, 1.807) is 31.4 Å². The lowest BCUT2D eigenvalue weighted by molar-refractivity contribution is -0.129. The molecule has 0 fully saturated rings.